The highest BCUT2D eigenvalue weighted by Gasteiger charge is 2.34. The van der Waals surface area contributed by atoms with Gasteiger partial charge in [0.05, 0.1) is 23.1 Å². The van der Waals surface area contributed by atoms with Gasteiger partial charge in [-0.1, -0.05) is 0 Å². The number of ether oxygens (including phenoxy) is 1. The van der Waals surface area contributed by atoms with Crippen LogP contribution in [-0.4, -0.2) is 59.4 Å². The summed E-state index contributed by atoms with van der Waals surface area (Å²) in [4.78, 5) is 40.1. The summed E-state index contributed by atoms with van der Waals surface area (Å²) in [6.45, 7) is 4.15. The van der Waals surface area contributed by atoms with E-state index in [2.05, 4.69) is 27.1 Å². The van der Waals surface area contributed by atoms with Crippen LogP contribution in [0, 0.1) is 11.6 Å². The topological polar surface area (TPSA) is 90.4 Å². The van der Waals surface area contributed by atoms with Gasteiger partial charge in [-0.05, 0) is 49.4 Å². The zero-order valence-corrected chi connectivity index (χ0v) is 22.2. The molecule has 0 bridgehead atoms. The molecule has 1 atom stereocenters. The quantitative estimate of drug-likeness (QED) is 0.300. The first-order valence-corrected chi connectivity index (χ1v) is 13.5. The number of thiophene rings is 1. The van der Waals surface area contributed by atoms with Crippen LogP contribution in [0.15, 0.2) is 65.8 Å². The van der Waals surface area contributed by atoms with Gasteiger partial charge in [0.25, 0.3) is 0 Å². The molecule has 0 radical (unpaired) electrons. The van der Waals surface area contributed by atoms with Crippen molar-refractivity contribution in [1.29, 1.82) is 0 Å². The van der Waals surface area contributed by atoms with Gasteiger partial charge in [0.15, 0.2) is 11.6 Å². The molecule has 40 heavy (non-hydrogen) atoms. The lowest BCUT2D eigenvalue weighted by Crippen LogP contribution is -2.39. The summed E-state index contributed by atoms with van der Waals surface area (Å²) < 4.78 is 35.0. The number of amides is 4. The summed E-state index contributed by atoms with van der Waals surface area (Å²) >= 11 is 1.52. The van der Waals surface area contributed by atoms with E-state index in [-0.39, 0.29) is 30.6 Å². The van der Waals surface area contributed by atoms with E-state index in [1.54, 1.807) is 12.3 Å². The fraction of sp³-hybridized carbons (Fsp3) is 0.214. The van der Waals surface area contributed by atoms with Crippen LogP contribution >= 0.6 is 11.3 Å². The Hall–Kier alpha value is -4.58. The lowest BCUT2D eigenvalue weighted by Gasteiger charge is -2.18. The van der Waals surface area contributed by atoms with E-state index in [9.17, 15) is 14.0 Å². The number of nitrogens with one attached hydrogen (secondary N) is 1. The molecule has 2 aromatic carbocycles. The van der Waals surface area contributed by atoms with Gasteiger partial charge in [-0.3, -0.25) is 14.9 Å². The summed E-state index contributed by atoms with van der Waals surface area (Å²) in [5, 5.41) is 2.56. The first-order chi connectivity index (χ1) is 19.4. The number of aromatic nitrogens is 1. The number of benzene rings is 2. The van der Waals surface area contributed by atoms with Crippen molar-refractivity contribution in [2.24, 2.45) is 4.99 Å². The number of urea groups is 2. The molecule has 6 rings (SSSR count). The highest BCUT2D eigenvalue weighted by atomic mass is 32.1. The molecule has 12 heteroatoms. The van der Waals surface area contributed by atoms with Gasteiger partial charge >= 0.3 is 12.1 Å². The van der Waals surface area contributed by atoms with Crippen molar-refractivity contribution in [3.05, 3.63) is 77.3 Å². The van der Waals surface area contributed by atoms with Crippen LogP contribution in [0.5, 0.6) is 11.5 Å². The number of pyridine rings is 1. The zero-order chi connectivity index (χ0) is 27.8. The molecule has 204 valence electrons. The molecule has 9 nitrogen and oxygen atoms in total. The molecule has 1 fully saturated rings. The number of likely N-dealkylation sites (N-methyl/N-ethyl adjacent to an activating group) is 1. The number of hydrogen-bond acceptors (Lipinski definition) is 7. The van der Waals surface area contributed by atoms with Crippen molar-refractivity contribution in [2.75, 3.05) is 36.4 Å². The van der Waals surface area contributed by atoms with Crippen LogP contribution in [0.2, 0.25) is 0 Å². The van der Waals surface area contributed by atoms with E-state index in [4.69, 9.17) is 4.74 Å². The highest BCUT2D eigenvalue weighted by molar-refractivity contribution is 7.19. The monoisotopic (exact) mass is 562 g/mol. The molecule has 2 aliphatic heterocycles. The molecule has 4 aromatic rings. The Bertz CT molecular complexity index is 1630. The van der Waals surface area contributed by atoms with E-state index in [0.29, 0.717) is 11.4 Å². The average molecular weight is 563 g/mol. The molecule has 0 saturated carbocycles. The molecule has 4 amide bonds. The van der Waals surface area contributed by atoms with E-state index >= 15 is 4.39 Å². The van der Waals surface area contributed by atoms with E-state index in [0.717, 1.165) is 39.1 Å². The lowest BCUT2D eigenvalue weighted by molar-refractivity contribution is 0.209. The second-order valence-electron chi connectivity index (χ2n) is 9.28. The standard InChI is InChI=1S/C28H24F2N6O3S/c1-2-34-15-22(32-16-34)25-14-21-26(40-25)24(9-10-31-21)39-23-8-5-18(13-20(23)30)33-27(37)36-12-11-35(28(36)38)19-6-3-17(29)4-7-19/h3-10,13-14,16,22H,2,11-12,15H2,1H3,(H,33,37). The van der Waals surface area contributed by atoms with Crippen LogP contribution in [-0.2, 0) is 0 Å². The largest absolute Gasteiger partial charge is 0.453 e. The van der Waals surface area contributed by atoms with Crippen molar-refractivity contribution in [3.8, 4) is 11.5 Å². The summed E-state index contributed by atoms with van der Waals surface area (Å²) in [6.07, 6.45) is 3.47. The van der Waals surface area contributed by atoms with E-state index < -0.39 is 23.7 Å². The van der Waals surface area contributed by atoms with Crippen molar-refractivity contribution in [3.63, 3.8) is 0 Å². The SMILES string of the molecule is CCN1C=NC(c2cc3nccc(Oc4ccc(NC(=O)N5CCN(c6ccc(F)cc6)C5=O)cc4F)c3s2)C1. The number of nitrogens with zero attached hydrogens (tertiary/aromatic N) is 5. The predicted octanol–water partition coefficient (Wildman–Crippen LogP) is 6.25. The second-order valence-corrected chi connectivity index (χ2v) is 10.4. The van der Waals surface area contributed by atoms with Crippen molar-refractivity contribution < 1.29 is 23.1 Å². The first kappa shape index (κ1) is 25.7. The van der Waals surface area contributed by atoms with Crippen molar-refractivity contribution in [1.82, 2.24) is 14.8 Å². The van der Waals surface area contributed by atoms with Gasteiger partial charge < -0.3 is 15.0 Å². The molecule has 2 aromatic heterocycles. The molecule has 0 aliphatic carbocycles. The molecule has 0 spiro atoms. The number of carbonyl (C=O) groups excluding carboxylic acids is 2. The predicted molar refractivity (Wildman–Crippen MR) is 149 cm³/mol. The van der Waals surface area contributed by atoms with Gasteiger partial charge in [0, 0.05) is 54.2 Å². The maximum atomic E-state index is 15.1. The van der Waals surface area contributed by atoms with Crippen LogP contribution in [0.3, 0.4) is 0 Å². The number of fused-ring (bicyclic) bond motifs is 1. The Morgan fingerprint density at radius 1 is 1.10 bits per heavy atom. The zero-order valence-electron chi connectivity index (χ0n) is 21.4. The van der Waals surface area contributed by atoms with Crippen LogP contribution in [0.1, 0.15) is 17.8 Å². The lowest BCUT2D eigenvalue weighted by atomic mass is 10.2. The minimum Gasteiger partial charge on any atom is -0.453 e. The van der Waals surface area contributed by atoms with Crippen LogP contribution in [0.25, 0.3) is 10.2 Å². The Labute approximate surface area is 232 Å². The molecular formula is C28H24F2N6O3S. The second kappa shape index (κ2) is 10.5. The number of hydrogen-bond donors (Lipinski definition) is 1. The Morgan fingerprint density at radius 2 is 1.93 bits per heavy atom. The average Bonchev–Trinajstić information content (AvgIpc) is 3.69. The van der Waals surface area contributed by atoms with Gasteiger partial charge in [0.1, 0.15) is 17.6 Å². The highest BCUT2D eigenvalue weighted by Crippen LogP contribution is 2.39. The fourth-order valence-corrected chi connectivity index (χ4v) is 5.70. The molecule has 1 N–H and O–H groups in total. The normalized spacial score (nSPS) is 16.8. The van der Waals surface area contributed by atoms with Gasteiger partial charge in [-0.15, -0.1) is 11.3 Å². The molecular weight excluding hydrogens is 538 g/mol. The van der Waals surface area contributed by atoms with Crippen LogP contribution in [0.4, 0.5) is 29.7 Å². The Balaban J connectivity index is 1.14. The Morgan fingerprint density at radius 3 is 2.67 bits per heavy atom. The summed E-state index contributed by atoms with van der Waals surface area (Å²) in [5.74, 6) is -0.652. The number of rotatable bonds is 6. The van der Waals surface area contributed by atoms with Crippen molar-refractivity contribution >= 4 is 51.3 Å². The maximum absolute atomic E-state index is 15.1. The summed E-state index contributed by atoms with van der Waals surface area (Å²) in [6, 6.07) is 11.9. The minimum absolute atomic E-state index is 0.0174. The smallest absolute Gasteiger partial charge is 0.332 e. The van der Waals surface area contributed by atoms with E-state index in [1.165, 1.54) is 52.6 Å². The number of aliphatic imine (C=N–C) groups is 1. The maximum Gasteiger partial charge on any atom is 0.332 e. The third kappa shape index (κ3) is 4.93. The first-order valence-electron chi connectivity index (χ1n) is 12.7. The third-order valence-electron chi connectivity index (χ3n) is 6.74. The van der Waals surface area contributed by atoms with E-state index in [1.807, 2.05) is 12.4 Å². The molecule has 2 aliphatic rings. The number of carbonyl (C=O) groups is 2. The summed E-state index contributed by atoms with van der Waals surface area (Å²) in [5.41, 5.74) is 1.40. The summed E-state index contributed by atoms with van der Waals surface area (Å²) in [7, 11) is 0. The van der Waals surface area contributed by atoms with Crippen molar-refractivity contribution in [2.45, 2.75) is 13.0 Å². The van der Waals surface area contributed by atoms with Crippen LogP contribution < -0.4 is 15.0 Å². The minimum atomic E-state index is -0.694. The Kier molecular flexibility index (Phi) is 6.76. The molecule has 1 unspecified atom stereocenters. The number of imide groups is 1. The fourth-order valence-electron chi connectivity index (χ4n) is 4.60. The van der Waals surface area contributed by atoms with Gasteiger partial charge in [-0.25, -0.2) is 23.3 Å². The molecule has 4 heterocycles. The van der Waals surface area contributed by atoms with Gasteiger partial charge in [0.2, 0.25) is 0 Å². The molecule has 1 saturated heterocycles. The number of anilines is 2. The van der Waals surface area contributed by atoms with Gasteiger partial charge in [-0.2, -0.15) is 0 Å². The number of halogens is 2. The third-order valence-corrected chi connectivity index (χ3v) is 7.98.